The molecule has 158 valence electrons. The van der Waals surface area contributed by atoms with Crippen molar-refractivity contribution < 1.29 is 23.8 Å². The molecule has 1 aromatic rings. The lowest BCUT2D eigenvalue weighted by atomic mass is 9.91. The van der Waals surface area contributed by atoms with Crippen molar-refractivity contribution in [2.45, 2.75) is 44.2 Å². The highest BCUT2D eigenvalue weighted by atomic mass is 16.5. The van der Waals surface area contributed by atoms with Crippen LogP contribution in [0.15, 0.2) is 18.2 Å². The maximum absolute atomic E-state index is 13.0. The zero-order chi connectivity index (χ0) is 20.4. The van der Waals surface area contributed by atoms with Crippen molar-refractivity contribution in [3.8, 4) is 11.5 Å². The molecule has 3 fully saturated rings. The number of carbonyl (C=O) groups excluding carboxylic acids is 2. The molecule has 0 spiro atoms. The third kappa shape index (κ3) is 4.20. The zero-order valence-corrected chi connectivity index (χ0v) is 17.2. The van der Waals surface area contributed by atoms with E-state index >= 15 is 0 Å². The van der Waals surface area contributed by atoms with Crippen LogP contribution in [0.1, 0.15) is 31.2 Å². The molecule has 1 aromatic carbocycles. The van der Waals surface area contributed by atoms with E-state index in [1.165, 1.54) is 0 Å². The number of likely N-dealkylation sites (tertiary alicyclic amines) is 1. The topological polar surface area (TPSA) is 77.1 Å². The van der Waals surface area contributed by atoms with Crippen molar-refractivity contribution in [3.63, 3.8) is 0 Å². The summed E-state index contributed by atoms with van der Waals surface area (Å²) in [4.78, 5) is 27.4. The summed E-state index contributed by atoms with van der Waals surface area (Å²) < 4.78 is 16.2. The van der Waals surface area contributed by atoms with Gasteiger partial charge < -0.3 is 24.4 Å². The lowest BCUT2D eigenvalue weighted by Crippen LogP contribution is -2.55. The Hall–Kier alpha value is -2.28. The molecule has 2 saturated heterocycles. The van der Waals surface area contributed by atoms with Gasteiger partial charge >= 0.3 is 0 Å². The van der Waals surface area contributed by atoms with Gasteiger partial charge in [0.1, 0.15) is 17.6 Å². The van der Waals surface area contributed by atoms with Crippen LogP contribution in [0.3, 0.4) is 0 Å². The highest BCUT2D eigenvalue weighted by Gasteiger charge is 2.44. The fraction of sp³-hybridized carbons (Fsp3) is 0.636. The first-order valence-electron chi connectivity index (χ1n) is 10.5. The van der Waals surface area contributed by atoms with Crippen LogP contribution >= 0.6 is 0 Å². The first kappa shape index (κ1) is 20.0. The molecule has 3 aliphatic rings. The third-order valence-electron chi connectivity index (χ3n) is 6.55. The molecule has 0 radical (unpaired) electrons. The zero-order valence-electron chi connectivity index (χ0n) is 17.2. The molecule has 29 heavy (non-hydrogen) atoms. The van der Waals surface area contributed by atoms with Crippen LogP contribution < -0.4 is 14.8 Å². The Kier molecular flexibility index (Phi) is 5.94. The van der Waals surface area contributed by atoms with E-state index in [0.29, 0.717) is 49.5 Å². The van der Waals surface area contributed by atoms with E-state index in [1.807, 2.05) is 17.0 Å². The summed E-state index contributed by atoms with van der Waals surface area (Å²) >= 11 is 0. The van der Waals surface area contributed by atoms with E-state index in [-0.39, 0.29) is 24.0 Å². The van der Waals surface area contributed by atoms with Crippen LogP contribution in [-0.2, 0) is 20.7 Å². The molecule has 7 nitrogen and oxygen atoms in total. The van der Waals surface area contributed by atoms with E-state index < -0.39 is 0 Å². The Bertz CT molecular complexity index is 748. The normalized spacial score (nSPS) is 28.3. The summed E-state index contributed by atoms with van der Waals surface area (Å²) in [5, 5.41) is 3.23. The average molecular weight is 402 g/mol. The Morgan fingerprint density at radius 2 is 1.90 bits per heavy atom. The lowest BCUT2D eigenvalue weighted by molar-refractivity contribution is -0.134. The number of ether oxygens (including phenoxy) is 3. The molecule has 2 bridgehead atoms. The summed E-state index contributed by atoms with van der Waals surface area (Å²) in [6.45, 7) is 2.07. The summed E-state index contributed by atoms with van der Waals surface area (Å²) in [7, 11) is 3.21. The van der Waals surface area contributed by atoms with Crippen molar-refractivity contribution in [1.82, 2.24) is 10.2 Å². The number of hydrogen-bond donors (Lipinski definition) is 1. The second-order valence-corrected chi connectivity index (χ2v) is 8.29. The third-order valence-corrected chi connectivity index (χ3v) is 6.55. The molecule has 2 heterocycles. The Balaban J connectivity index is 1.37. The number of hydrogen-bond acceptors (Lipinski definition) is 5. The Morgan fingerprint density at radius 3 is 2.52 bits per heavy atom. The monoisotopic (exact) mass is 402 g/mol. The molecule has 1 saturated carbocycles. The van der Waals surface area contributed by atoms with Gasteiger partial charge in [-0.05, 0) is 43.6 Å². The predicted molar refractivity (Wildman–Crippen MR) is 107 cm³/mol. The van der Waals surface area contributed by atoms with Gasteiger partial charge in [0.2, 0.25) is 11.8 Å². The smallest absolute Gasteiger partial charge is 0.249 e. The maximum Gasteiger partial charge on any atom is 0.249 e. The molecular weight excluding hydrogens is 372 g/mol. The number of nitrogens with one attached hydrogen (secondary N) is 1. The Labute approximate surface area is 171 Å². The maximum atomic E-state index is 13.0. The van der Waals surface area contributed by atoms with E-state index in [4.69, 9.17) is 14.2 Å². The van der Waals surface area contributed by atoms with E-state index in [2.05, 4.69) is 5.32 Å². The molecule has 4 rings (SSSR count). The van der Waals surface area contributed by atoms with Gasteiger partial charge in [-0.2, -0.15) is 0 Å². The van der Waals surface area contributed by atoms with Gasteiger partial charge in [0, 0.05) is 37.4 Å². The first-order valence-corrected chi connectivity index (χ1v) is 10.5. The molecular formula is C22H30N2O5. The van der Waals surface area contributed by atoms with E-state index in [0.717, 1.165) is 31.2 Å². The van der Waals surface area contributed by atoms with Crippen LogP contribution in [0.2, 0.25) is 0 Å². The van der Waals surface area contributed by atoms with Gasteiger partial charge in [-0.3, -0.25) is 9.59 Å². The Morgan fingerprint density at radius 1 is 1.14 bits per heavy atom. The molecule has 7 heteroatoms. The number of piperidine rings is 1. The lowest BCUT2D eigenvalue weighted by Gasteiger charge is -2.38. The minimum atomic E-state index is -0.295. The number of amides is 2. The second kappa shape index (κ2) is 8.61. The fourth-order valence-electron chi connectivity index (χ4n) is 4.98. The van der Waals surface area contributed by atoms with Gasteiger partial charge in [-0.25, -0.2) is 0 Å². The van der Waals surface area contributed by atoms with Gasteiger partial charge in [0.25, 0.3) is 0 Å². The molecule has 2 amide bonds. The minimum Gasteiger partial charge on any atom is -0.497 e. The SMILES string of the molecule is COc1ccc(CC(=O)N2C[C@H]3CC[C@@H](C2)C3NC(=O)[C@@H]2CCCO2)c(OC)c1. The number of nitrogens with zero attached hydrogens (tertiary/aromatic N) is 1. The molecule has 2 aliphatic heterocycles. The molecule has 1 aliphatic carbocycles. The van der Waals surface area contributed by atoms with Gasteiger partial charge in [-0.1, -0.05) is 6.07 Å². The minimum absolute atomic E-state index is 0.0205. The van der Waals surface area contributed by atoms with Crippen LogP contribution in [0.5, 0.6) is 11.5 Å². The molecule has 1 unspecified atom stereocenters. The molecule has 4 atom stereocenters. The van der Waals surface area contributed by atoms with Crippen molar-refractivity contribution in [2.24, 2.45) is 11.8 Å². The summed E-state index contributed by atoms with van der Waals surface area (Å²) in [5.74, 6) is 2.14. The van der Waals surface area contributed by atoms with Crippen molar-refractivity contribution in [1.29, 1.82) is 0 Å². The van der Waals surface area contributed by atoms with E-state index in [9.17, 15) is 9.59 Å². The standard InChI is InChI=1S/C22H30N2O5/c1-27-17-8-7-14(19(11-17)28-2)10-20(25)24-12-15-5-6-16(13-24)21(15)23-22(26)18-4-3-9-29-18/h7-8,11,15-16,18,21H,3-6,9-10,12-13H2,1-2H3,(H,23,26)/t15-,16+,18-,21?/m0/s1. The summed E-state index contributed by atoms with van der Waals surface area (Å²) in [6.07, 6.45) is 3.87. The highest BCUT2D eigenvalue weighted by molar-refractivity contribution is 5.82. The summed E-state index contributed by atoms with van der Waals surface area (Å²) in [5.41, 5.74) is 0.861. The van der Waals surface area contributed by atoms with Gasteiger partial charge in [-0.15, -0.1) is 0 Å². The number of rotatable bonds is 6. The fourth-order valence-corrected chi connectivity index (χ4v) is 4.98. The number of fused-ring (bicyclic) bond motifs is 2. The number of methoxy groups -OCH3 is 2. The largest absolute Gasteiger partial charge is 0.497 e. The second-order valence-electron chi connectivity index (χ2n) is 8.29. The number of benzene rings is 1. The van der Waals surface area contributed by atoms with E-state index in [1.54, 1.807) is 20.3 Å². The predicted octanol–water partition coefficient (Wildman–Crippen LogP) is 1.78. The number of carbonyl (C=O) groups is 2. The van der Waals surface area contributed by atoms with Crippen LogP contribution in [0, 0.1) is 11.8 Å². The quantitative estimate of drug-likeness (QED) is 0.785. The van der Waals surface area contributed by atoms with Crippen molar-refractivity contribution in [3.05, 3.63) is 23.8 Å². The van der Waals surface area contributed by atoms with Crippen LogP contribution in [-0.4, -0.2) is 62.8 Å². The highest BCUT2D eigenvalue weighted by Crippen LogP contribution is 2.37. The van der Waals surface area contributed by atoms with Crippen LogP contribution in [0.4, 0.5) is 0 Å². The molecule has 1 N–H and O–H groups in total. The average Bonchev–Trinajstić information content (AvgIpc) is 3.34. The van der Waals surface area contributed by atoms with Crippen LogP contribution in [0.25, 0.3) is 0 Å². The first-order chi connectivity index (χ1) is 14.1. The van der Waals surface area contributed by atoms with Gasteiger partial charge in [0.05, 0.1) is 20.6 Å². The summed E-state index contributed by atoms with van der Waals surface area (Å²) in [6, 6.07) is 5.70. The van der Waals surface area contributed by atoms with Gasteiger partial charge in [0.15, 0.2) is 0 Å². The molecule has 0 aromatic heterocycles. The van der Waals surface area contributed by atoms with Crippen molar-refractivity contribution in [2.75, 3.05) is 33.9 Å². The van der Waals surface area contributed by atoms with Crippen molar-refractivity contribution >= 4 is 11.8 Å².